The number of nitrogens with zero attached hydrogens (tertiary/aromatic N) is 2. The van der Waals surface area contributed by atoms with Gasteiger partial charge >= 0.3 is 0 Å². The summed E-state index contributed by atoms with van der Waals surface area (Å²) in [6.45, 7) is 1.44. The first-order valence-electron chi connectivity index (χ1n) is 4.85. The van der Waals surface area contributed by atoms with E-state index in [1.807, 2.05) is 6.07 Å². The summed E-state index contributed by atoms with van der Waals surface area (Å²) in [4.78, 5) is 8.83. The van der Waals surface area contributed by atoms with Gasteiger partial charge in [-0.3, -0.25) is 0 Å². The number of pyridine rings is 2. The van der Waals surface area contributed by atoms with E-state index in [2.05, 4.69) is 32.0 Å². The van der Waals surface area contributed by atoms with Crippen molar-refractivity contribution in [2.75, 3.05) is 6.61 Å². The van der Waals surface area contributed by atoms with Gasteiger partial charge in [0.2, 0.25) is 0 Å². The molecule has 4 heteroatoms. The average Bonchev–Trinajstić information content (AvgIpc) is 2.26. The van der Waals surface area contributed by atoms with Gasteiger partial charge in [-0.2, -0.15) is 0 Å². The molecule has 0 atom stereocenters. The van der Waals surface area contributed by atoms with Gasteiger partial charge in [0.05, 0.1) is 18.9 Å². The highest BCUT2D eigenvalue weighted by Crippen LogP contribution is 2.22. The van der Waals surface area contributed by atoms with Gasteiger partial charge < -0.3 is 4.74 Å². The highest BCUT2D eigenvalue weighted by atomic mass is 79.9. The first kappa shape index (κ1) is 9.24. The number of fused-ring (bicyclic) bond motifs is 2. The van der Waals surface area contributed by atoms with Crippen LogP contribution in [0.2, 0.25) is 0 Å². The van der Waals surface area contributed by atoms with Gasteiger partial charge in [-0.05, 0) is 28.1 Å². The summed E-state index contributed by atoms with van der Waals surface area (Å²) >= 11 is 3.41. The Labute approximate surface area is 95.6 Å². The third kappa shape index (κ3) is 1.64. The van der Waals surface area contributed by atoms with E-state index in [4.69, 9.17) is 4.74 Å². The molecule has 1 aliphatic heterocycles. The number of halogens is 1. The minimum absolute atomic E-state index is 0.671. The summed E-state index contributed by atoms with van der Waals surface area (Å²) in [7, 11) is 0. The molecule has 3 heterocycles. The highest BCUT2D eigenvalue weighted by molar-refractivity contribution is 9.10. The van der Waals surface area contributed by atoms with E-state index in [0.717, 1.165) is 34.2 Å². The van der Waals surface area contributed by atoms with Crippen molar-refractivity contribution in [3.63, 3.8) is 0 Å². The molecule has 0 aromatic carbocycles. The molecule has 1 aliphatic rings. The predicted molar refractivity (Wildman–Crippen MR) is 60.6 cm³/mol. The van der Waals surface area contributed by atoms with Crippen LogP contribution >= 0.6 is 15.9 Å². The maximum atomic E-state index is 5.40. The van der Waals surface area contributed by atoms with Crippen LogP contribution in [0.25, 0.3) is 11.0 Å². The molecule has 0 fully saturated rings. The Hall–Kier alpha value is -1.00. The lowest BCUT2D eigenvalue weighted by molar-refractivity contribution is 0.109. The number of rotatable bonds is 0. The molecule has 0 radical (unpaired) electrons. The molecule has 0 aliphatic carbocycles. The molecule has 3 nitrogen and oxygen atoms in total. The molecule has 76 valence electrons. The van der Waals surface area contributed by atoms with Crippen LogP contribution in [0.15, 0.2) is 22.8 Å². The van der Waals surface area contributed by atoms with Crippen LogP contribution in [0.5, 0.6) is 0 Å². The van der Waals surface area contributed by atoms with E-state index < -0.39 is 0 Å². The van der Waals surface area contributed by atoms with Crippen molar-refractivity contribution in [3.05, 3.63) is 34.1 Å². The number of hydrogen-bond acceptors (Lipinski definition) is 3. The molecule has 2 aromatic rings. The zero-order valence-corrected chi connectivity index (χ0v) is 9.62. The van der Waals surface area contributed by atoms with Gasteiger partial charge in [0.25, 0.3) is 0 Å². The molecular formula is C11H9BrN2O. The molecule has 15 heavy (non-hydrogen) atoms. The Balaban J connectivity index is 2.26. The normalized spacial score (nSPS) is 15.3. The van der Waals surface area contributed by atoms with E-state index in [0.29, 0.717) is 6.61 Å². The van der Waals surface area contributed by atoms with E-state index in [-0.39, 0.29) is 0 Å². The van der Waals surface area contributed by atoms with Crippen LogP contribution in [-0.4, -0.2) is 16.6 Å². The summed E-state index contributed by atoms with van der Waals surface area (Å²) in [5.41, 5.74) is 3.14. The summed E-state index contributed by atoms with van der Waals surface area (Å²) in [6.07, 6.45) is 2.67. The van der Waals surface area contributed by atoms with Gasteiger partial charge in [-0.15, -0.1) is 0 Å². The number of hydrogen-bond donors (Lipinski definition) is 0. The maximum absolute atomic E-state index is 5.40. The Morgan fingerprint density at radius 3 is 3.20 bits per heavy atom. The molecule has 3 rings (SSSR count). The third-order valence-corrected chi connectivity index (χ3v) is 2.98. The van der Waals surface area contributed by atoms with Crippen molar-refractivity contribution in [1.29, 1.82) is 0 Å². The summed E-state index contributed by atoms with van der Waals surface area (Å²) in [6, 6.07) is 4.15. The van der Waals surface area contributed by atoms with E-state index in [1.54, 1.807) is 6.20 Å². The van der Waals surface area contributed by atoms with Crippen LogP contribution in [0.4, 0.5) is 0 Å². The van der Waals surface area contributed by atoms with Crippen molar-refractivity contribution >= 4 is 27.0 Å². The first-order valence-corrected chi connectivity index (χ1v) is 5.64. The molecule has 0 bridgehead atoms. The first-order chi connectivity index (χ1) is 7.33. The second kappa shape index (κ2) is 3.54. The highest BCUT2D eigenvalue weighted by Gasteiger charge is 2.12. The predicted octanol–water partition coefficient (Wildman–Crippen LogP) is 2.46. The van der Waals surface area contributed by atoms with Crippen molar-refractivity contribution in [1.82, 2.24) is 9.97 Å². The molecule has 2 aromatic heterocycles. The smallest absolute Gasteiger partial charge is 0.159 e. The van der Waals surface area contributed by atoms with Crippen molar-refractivity contribution in [2.45, 2.75) is 13.0 Å². The van der Waals surface area contributed by atoms with E-state index in [1.165, 1.54) is 5.56 Å². The van der Waals surface area contributed by atoms with Crippen molar-refractivity contribution in [2.24, 2.45) is 0 Å². The lowest BCUT2D eigenvalue weighted by atomic mass is 10.1. The zero-order valence-electron chi connectivity index (χ0n) is 8.03. The third-order valence-electron chi connectivity index (χ3n) is 2.54. The monoisotopic (exact) mass is 264 g/mol. The second-order valence-corrected chi connectivity index (χ2v) is 4.51. The van der Waals surface area contributed by atoms with Gasteiger partial charge in [0, 0.05) is 28.0 Å². The van der Waals surface area contributed by atoms with Gasteiger partial charge in [-0.25, -0.2) is 9.97 Å². The van der Waals surface area contributed by atoms with E-state index in [9.17, 15) is 0 Å². The fraction of sp³-hybridized carbons (Fsp3) is 0.273. The number of ether oxygens (including phenoxy) is 1. The lowest BCUT2D eigenvalue weighted by Crippen LogP contribution is -2.11. The van der Waals surface area contributed by atoms with Gasteiger partial charge in [0.15, 0.2) is 5.65 Å². The quantitative estimate of drug-likeness (QED) is 0.734. The largest absolute Gasteiger partial charge is 0.376 e. The lowest BCUT2D eigenvalue weighted by Gasteiger charge is -2.15. The molecule has 0 N–H and O–H groups in total. The van der Waals surface area contributed by atoms with Crippen molar-refractivity contribution in [3.8, 4) is 0 Å². The van der Waals surface area contributed by atoms with E-state index >= 15 is 0 Å². The van der Waals surface area contributed by atoms with Gasteiger partial charge in [0.1, 0.15) is 0 Å². The standard InChI is InChI=1S/C11H9BrN2O/c12-9-4-7-3-8-6-15-2-1-10(8)14-11(7)13-5-9/h3-5H,1-2,6H2. The SMILES string of the molecule is Brc1cnc2nc3c(cc2c1)COCC3. The molecule has 0 saturated carbocycles. The zero-order chi connectivity index (χ0) is 10.3. The Morgan fingerprint density at radius 2 is 2.27 bits per heavy atom. The average molecular weight is 265 g/mol. The minimum Gasteiger partial charge on any atom is -0.376 e. The van der Waals surface area contributed by atoms with Gasteiger partial charge in [-0.1, -0.05) is 0 Å². The number of aromatic nitrogens is 2. The molecule has 0 amide bonds. The Bertz CT molecular complexity index is 527. The fourth-order valence-electron chi connectivity index (χ4n) is 1.81. The summed E-state index contributed by atoms with van der Waals surface area (Å²) in [5.74, 6) is 0. The maximum Gasteiger partial charge on any atom is 0.159 e. The second-order valence-electron chi connectivity index (χ2n) is 3.60. The van der Waals surface area contributed by atoms with Crippen LogP contribution in [-0.2, 0) is 17.8 Å². The Morgan fingerprint density at radius 1 is 1.33 bits per heavy atom. The Kier molecular flexibility index (Phi) is 2.18. The summed E-state index contributed by atoms with van der Waals surface area (Å²) in [5, 5.41) is 1.06. The molecule has 0 unspecified atom stereocenters. The fourth-order valence-corrected chi connectivity index (χ4v) is 2.16. The van der Waals surface area contributed by atoms with Crippen LogP contribution < -0.4 is 0 Å². The summed E-state index contributed by atoms with van der Waals surface area (Å²) < 4.78 is 6.38. The minimum atomic E-state index is 0.671. The van der Waals surface area contributed by atoms with Crippen LogP contribution in [0, 0.1) is 0 Å². The van der Waals surface area contributed by atoms with Crippen molar-refractivity contribution < 1.29 is 4.74 Å². The molecule has 0 spiro atoms. The molecule has 0 saturated heterocycles. The topological polar surface area (TPSA) is 35.0 Å². The van der Waals surface area contributed by atoms with Crippen LogP contribution in [0.1, 0.15) is 11.3 Å². The molecular weight excluding hydrogens is 256 g/mol. The van der Waals surface area contributed by atoms with Crippen LogP contribution in [0.3, 0.4) is 0 Å².